The fourth-order valence-electron chi connectivity index (χ4n) is 2.54. The highest BCUT2D eigenvalue weighted by Gasteiger charge is 2.31. The maximum Gasteiger partial charge on any atom is 0.231 e. The summed E-state index contributed by atoms with van der Waals surface area (Å²) in [6, 6.07) is 5.24. The predicted octanol–water partition coefficient (Wildman–Crippen LogP) is 0.561. The number of nitrogens with zero attached hydrogens (tertiary/aromatic N) is 1. The molecule has 6 nitrogen and oxygen atoms in total. The molecule has 7 heteroatoms. The van der Waals surface area contributed by atoms with Gasteiger partial charge in [0.15, 0.2) is 21.3 Å². The van der Waals surface area contributed by atoms with Crippen LogP contribution in [0, 0.1) is 0 Å². The van der Waals surface area contributed by atoms with Crippen molar-refractivity contribution in [1.29, 1.82) is 0 Å². The van der Waals surface area contributed by atoms with Crippen molar-refractivity contribution < 1.29 is 22.7 Å². The second kappa shape index (κ2) is 4.97. The molecule has 1 fully saturated rings. The SMILES string of the molecule is O=CN(Cc1ccc2c(c1)OCO2)[C@H]1CCS(=O)(=O)C1. The average molecular weight is 297 g/mol. The number of hydrogen-bond donors (Lipinski definition) is 0. The number of benzene rings is 1. The maximum absolute atomic E-state index is 11.5. The van der Waals surface area contributed by atoms with Crippen molar-refractivity contribution in [1.82, 2.24) is 4.90 Å². The van der Waals surface area contributed by atoms with E-state index < -0.39 is 9.84 Å². The number of carbonyl (C=O) groups excluding carboxylic acids is 1. The summed E-state index contributed by atoms with van der Waals surface area (Å²) >= 11 is 0. The van der Waals surface area contributed by atoms with E-state index in [1.54, 1.807) is 11.0 Å². The third kappa shape index (κ3) is 2.58. The van der Waals surface area contributed by atoms with E-state index in [-0.39, 0.29) is 24.3 Å². The van der Waals surface area contributed by atoms with Gasteiger partial charge in [-0.3, -0.25) is 4.79 Å². The molecular formula is C13H15NO5S. The van der Waals surface area contributed by atoms with Crippen molar-refractivity contribution in [3.05, 3.63) is 23.8 Å². The van der Waals surface area contributed by atoms with Crippen LogP contribution >= 0.6 is 0 Å². The van der Waals surface area contributed by atoms with Gasteiger partial charge in [0.1, 0.15) is 0 Å². The van der Waals surface area contributed by atoms with Crippen LogP contribution in [-0.4, -0.2) is 44.1 Å². The van der Waals surface area contributed by atoms with Crippen LogP contribution in [-0.2, 0) is 21.2 Å². The number of amides is 1. The molecule has 2 heterocycles. The molecule has 1 aromatic rings. The molecular weight excluding hydrogens is 282 g/mol. The van der Waals surface area contributed by atoms with Crippen LogP contribution in [0.2, 0.25) is 0 Å². The first-order valence-corrected chi connectivity index (χ1v) is 8.19. The summed E-state index contributed by atoms with van der Waals surface area (Å²) in [7, 11) is -3.00. The molecule has 0 aromatic heterocycles. The van der Waals surface area contributed by atoms with E-state index in [4.69, 9.17) is 9.47 Å². The first-order chi connectivity index (χ1) is 9.57. The van der Waals surface area contributed by atoms with E-state index in [2.05, 4.69) is 0 Å². The van der Waals surface area contributed by atoms with Gasteiger partial charge in [0.05, 0.1) is 11.5 Å². The van der Waals surface area contributed by atoms with Crippen molar-refractivity contribution >= 4 is 16.2 Å². The summed E-state index contributed by atoms with van der Waals surface area (Å²) in [5.41, 5.74) is 0.894. The second-order valence-corrected chi connectivity index (χ2v) is 7.25. The lowest BCUT2D eigenvalue weighted by Crippen LogP contribution is -2.34. The fourth-order valence-corrected chi connectivity index (χ4v) is 4.28. The number of sulfone groups is 1. The minimum absolute atomic E-state index is 0.0519. The molecule has 1 saturated heterocycles. The van der Waals surface area contributed by atoms with Crippen molar-refractivity contribution in [3.8, 4) is 11.5 Å². The Kier molecular flexibility index (Phi) is 3.29. The lowest BCUT2D eigenvalue weighted by molar-refractivity contribution is -0.120. The summed E-state index contributed by atoms with van der Waals surface area (Å²) in [5, 5.41) is 0. The third-order valence-corrected chi connectivity index (χ3v) is 5.37. The number of hydrogen-bond acceptors (Lipinski definition) is 5. The Bertz CT molecular complexity index is 628. The van der Waals surface area contributed by atoms with Gasteiger partial charge in [-0.1, -0.05) is 6.07 Å². The van der Waals surface area contributed by atoms with Gasteiger partial charge >= 0.3 is 0 Å². The largest absolute Gasteiger partial charge is 0.454 e. The quantitative estimate of drug-likeness (QED) is 0.759. The van der Waals surface area contributed by atoms with E-state index in [1.165, 1.54) is 0 Å². The monoisotopic (exact) mass is 297 g/mol. The van der Waals surface area contributed by atoms with Gasteiger partial charge in [0, 0.05) is 12.6 Å². The van der Waals surface area contributed by atoms with Gasteiger partial charge < -0.3 is 14.4 Å². The average Bonchev–Trinajstić information content (AvgIpc) is 3.01. The van der Waals surface area contributed by atoms with Gasteiger partial charge in [-0.15, -0.1) is 0 Å². The van der Waals surface area contributed by atoms with Crippen LogP contribution in [0.1, 0.15) is 12.0 Å². The molecule has 0 unspecified atom stereocenters. The molecule has 0 spiro atoms. The second-order valence-electron chi connectivity index (χ2n) is 5.02. The first-order valence-electron chi connectivity index (χ1n) is 6.37. The number of fused-ring (bicyclic) bond motifs is 1. The van der Waals surface area contributed by atoms with Gasteiger partial charge in [0.2, 0.25) is 13.2 Å². The predicted molar refractivity (Wildman–Crippen MR) is 71.2 cm³/mol. The summed E-state index contributed by atoms with van der Waals surface area (Å²) in [6.07, 6.45) is 1.22. The zero-order chi connectivity index (χ0) is 14.2. The fraction of sp³-hybridized carbons (Fsp3) is 0.462. The van der Waals surface area contributed by atoms with E-state index >= 15 is 0 Å². The summed E-state index contributed by atoms with van der Waals surface area (Å²) < 4.78 is 33.5. The van der Waals surface area contributed by atoms with Crippen molar-refractivity contribution in [2.45, 2.75) is 19.0 Å². The van der Waals surface area contributed by atoms with E-state index in [1.807, 2.05) is 12.1 Å². The van der Waals surface area contributed by atoms with Crippen LogP contribution in [0.5, 0.6) is 11.5 Å². The zero-order valence-electron chi connectivity index (χ0n) is 10.8. The Balaban J connectivity index is 1.74. The lowest BCUT2D eigenvalue weighted by Gasteiger charge is -2.23. The molecule has 0 aliphatic carbocycles. The molecule has 2 aliphatic heterocycles. The van der Waals surface area contributed by atoms with Crippen LogP contribution < -0.4 is 9.47 Å². The van der Waals surface area contributed by atoms with Crippen LogP contribution in [0.3, 0.4) is 0 Å². The smallest absolute Gasteiger partial charge is 0.231 e. The zero-order valence-corrected chi connectivity index (χ0v) is 11.6. The van der Waals surface area contributed by atoms with Crippen LogP contribution in [0.25, 0.3) is 0 Å². The standard InChI is InChI=1S/C13H15NO5S/c15-8-14(11-3-4-20(16,17)7-11)6-10-1-2-12-13(5-10)19-9-18-12/h1-2,5,8,11H,3-4,6-7,9H2/t11-/m0/s1. The van der Waals surface area contributed by atoms with Crippen molar-refractivity contribution in [2.75, 3.05) is 18.3 Å². The molecule has 0 radical (unpaired) electrons. The Morgan fingerprint density at radius 3 is 2.80 bits per heavy atom. The molecule has 0 saturated carbocycles. The molecule has 20 heavy (non-hydrogen) atoms. The molecule has 1 amide bonds. The number of rotatable bonds is 4. The van der Waals surface area contributed by atoms with Gasteiger partial charge in [0.25, 0.3) is 0 Å². The maximum atomic E-state index is 11.5. The van der Waals surface area contributed by atoms with Gasteiger partial charge in [-0.25, -0.2) is 8.42 Å². The minimum Gasteiger partial charge on any atom is -0.454 e. The molecule has 1 atom stereocenters. The lowest BCUT2D eigenvalue weighted by atomic mass is 10.1. The van der Waals surface area contributed by atoms with Gasteiger partial charge in [-0.2, -0.15) is 0 Å². The molecule has 1 aromatic carbocycles. The molecule has 2 aliphatic rings. The Labute approximate surface area is 117 Å². The number of carbonyl (C=O) groups is 1. The summed E-state index contributed by atoms with van der Waals surface area (Å²) in [5.74, 6) is 1.56. The minimum atomic E-state index is -3.00. The Hall–Kier alpha value is -1.76. The molecule has 108 valence electrons. The van der Waals surface area contributed by atoms with Crippen molar-refractivity contribution in [2.24, 2.45) is 0 Å². The summed E-state index contributed by atoms with van der Waals surface area (Å²) in [6.45, 7) is 0.581. The number of ether oxygens (including phenoxy) is 2. The Morgan fingerprint density at radius 2 is 2.10 bits per heavy atom. The van der Waals surface area contributed by atoms with Gasteiger partial charge in [-0.05, 0) is 24.1 Å². The highest BCUT2D eigenvalue weighted by Crippen LogP contribution is 2.33. The highest BCUT2D eigenvalue weighted by atomic mass is 32.2. The van der Waals surface area contributed by atoms with E-state index in [0.29, 0.717) is 24.5 Å². The van der Waals surface area contributed by atoms with E-state index in [0.717, 1.165) is 12.0 Å². The molecule has 3 rings (SSSR count). The molecule has 0 bridgehead atoms. The molecule has 0 N–H and O–H groups in total. The summed E-state index contributed by atoms with van der Waals surface area (Å²) in [4.78, 5) is 12.8. The third-order valence-electron chi connectivity index (χ3n) is 3.61. The first kappa shape index (κ1) is 13.2. The Morgan fingerprint density at radius 1 is 1.30 bits per heavy atom. The van der Waals surface area contributed by atoms with Crippen molar-refractivity contribution in [3.63, 3.8) is 0 Å². The highest BCUT2D eigenvalue weighted by molar-refractivity contribution is 7.91. The van der Waals surface area contributed by atoms with Crippen LogP contribution in [0.15, 0.2) is 18.2 Å². The normalized spacial score (nSPS) is 22.7. The van der Waals surface area contributed by atoms with E-state index in [9.17, 15) is 13.2 Å². The topological polar surface area (TPSA) is 72.9 Å². The van der Waals surface area contributed by atoms with Crippen LogP contribution in [0.4, 0.5) is 0 Å².